The standard InChI is InChI=1S/C22H46N/c1-3-5-6-7-8-9-10-11-12-13-14-15-17-20-23(4-2)21-18-16-19-22-23/h3-22H2,1-2H3/q+1. The molecule has 1 aliphatic heterocycles. The lowest BCUT2D eigenvalue weighted by molar-refractivity contribution is -0.931. The maximum atomic E-state index is 2.41. The van der Waals surface area contributed by atoms with E-state index in [4.69, 9.17) is 0 Å². The highest BCUT2D eigenvalue weighted by molar-refractivity contribution is 4.55. The zero-order valence-corrected chi connectivity index (χ0v) is 16.6. The van der Waals surface area contributed by atoms with E-state index in [0.29, 0.717) is 0 Å². The molecular weight excluding hydrogens is 278 g/mol. The summed E-state index contributed by atoms with van der Waals surface area (Å²) < 4.78 is 1.44. The van der Waals surface area contributed by atoms with Gasteiger partial charge in [-0.25, -0.2) is 0 Å². The second-order valence-electron chi connectivity index (χ2n) is 8.13. The highest BCUT2D eigenvalue weighted by Gasteiger charge is 2.26. The average molecular weight is 325 g/mol. The summed E-state index contributed by atoms with van der Waals surface area (Å²) in [6.45, 7) is 10.5. The first-order valence-electron chi connectivity index (χ1n) is 11.2. The molecule has 0 aromatic heterocycles. The Bertz CT molecular complexity index is 242. The Morgan fingerprint density at radius 3 is 1.39 bits per heavy atom. The van der Waals surface area contributed by atoms with Crippen LogP contribution in [0.15, 0.2) is 0 Å². The van der Waals surface area contributed by atoms with Gasteiger partial charge in [0, 0.05) is 0 Å². The van der Waals surface area contributed by atoms with E-state index in [1.165, 1.54) is 133 Å². The number of likely N-dealkylation sites (tertiary alicyclic amines) is 1. The molecule has 0 amide bonds. The maximum absolute atomic E-state index is 2.41. The Morgan fingerprint density at radius 1 is 0.522 bits per heavy atom. The van der Waals surface area contributed by atoms with E-state index >= 15 is 0 Å². The van der Waals surface area contributed by atoms with Crippen LogP contribution >= 0.6 is 0 Å². The quantitative estimate of drug-likeness (QED) is 0.223. The van der Waals surface area contributed by atoms with E-state index < -0.39 is 0 Å². The van der Waals surface area contributed by atoms with Crippen molar-refractivity contribution in [3.8, 4) is 0 Å². The van der Waals surface area contributed by atoms with Gasteiger partial charge in [-0.05, 0) is 39.0 Å². The number of nitrogens with zero attached hydrogens (tertiary/aromatic N) is 1. The third-order valence-electron chi connectivity index (χ3n) is 6.17. The molecule has 1 aliphatic rings. The fourth-order valence-electron chi connectivity index (χ4n) is 4.35. The first-order chi connectivity index (χ1) is 11.3. The fourth-order valence-corrected chi connectivity index (χ4v) is 4.35. The molecule has 1 fully saturated rings. The maximum Gasteiger partial charge on any atom is 0.0786 e. The summed E-state index contributed by atoms with van der Waals surface area (Å²) in [5, 5.41) is 0. The predicted molar refractivity (Wildman–Crippen MR) is 105 cm³/mol. The number of quaternary nitrogens is 1. The molecule has 0 spiro atoms. The van der Waals surface area contributed by atoms with Gasteiger partial charge in [0.25, 0.3) is 0 Å². The lowest BCUT2D eigenvalue weighted by Crippen LogP contribution is -2.51. The van der Waals surface area contributed by atoms with Gasteiger partial charge in [-0.15, -0.1) is 0 Å². The summed E-state index contributed by atoms with van der Waals surface area (Å²) in [7, 11) is 0. The summed E-state index contributed by atoms with van der Waals surface area (Å²) >= 11 is 0. The van der Waals surface area contributed by atoms with Gasteiger partial charge in [-0.2, -0.15) is 0 Å². The Labute approximate surface area is 147 Å². The van der Waals surface area contributed by atoms with Crippen LogP contribution in [0.25, 0.3) is 0 Å². The first kappa shape index (κ1) is 21.0. The molecule has 0 N–H and O–H groups in total. The molecule has 0 atom stereocenters. The molecule has 1 nitrogen and oxygen atoms in total. The van der Waals surface area contributed by atoms with Gasteiger partial charge in [-0.3, -0.25) is 0 Å². The van der Waals surface area contributed by atoms with Crippen molar-refractivity contribution < 1.29 is 4.48 Å². The van der Waals surface area contributed by atoms with Gasteiger partial charge in [0.05, 0.1) is 26.2 Å². The van der Waals surface area contributed by atoms with Crippen LogP contribution in [-0.4, -0.2) is 30.7 Å². The molecule has 0 saturated carbocycles. The van der Waals surface area contributed by atoms with Crippen molar-refractivity contribution in [2.24, 2.45) is 0 Å². The lowest BCUT2D eigenvalue weighted by atomic mass is 10.0. The Balaban J connectivity index is 1.82. The van der Waals surface area contributed by atoms with Gasteiger partial charge in [0.15, 0.2) is 0 Å². The molecular formula is C22H46N+. The second-order valence-corrected chi connectivity index (χ2v) is 8.13. The smallest absolute Gasteiger partial charge is 0.0786 e. The molecule has 0 aromatic carbocycles. The summed E-state index contributed by atoms with van der Waals surface area (Å²) in [6, 6.07) is 0. The van der Waals surface area contributed by atoms with Crippen LogP contribution in [0.5, 0.6) is 0 Å². The van der Waals surface area contributed by atoms with Crippen molar-refractivity contribution in [3.63, 3.8) is 0 Å². The second kappa shape index (κ2) is 14.3. The summed E-state index contributed by atoms with van der Waals surface area (Å²) in [5.41, 5.74) is 0. The van der Waals surface area contributed by atoms with Crippen LogP contribution in [0, 0.1) is 0 Å². The third-order valence-corrected chi connectivity index (χ3v) is 6.17. The average Bonchev–Trinajstić information content (AvgIpc) is 2.60. The molecule has 1 rings (SSSR count). The van der Waals surface area contributed by atoms with Crippen LogP contribution < -0.4 is 0 Å². The van der Waals surface area contributed by atoms with Crippen molar-refractivity contribution in [2.45, 2.75) is 117 Å². The molecule has 1 heteroatoms. The summed E-state index contributed by atoms with van der Waals surface area (Å²) in [5.74, 6) is 0. The highest BCUT2D eigenvalue weighted by atomic mass is 15.3. The minimum absolute atomic E-state index is 1.37. The van der Waals surface area contributed by atoms with Crippen molar-refractivity contribution in [1.29, 1.82) is 0 Å². The highest BCUT2D eigenvalue weighted by Crippen LogP contribution is 2.20. The van der Waals surface area contributed by atoms with Gasteiger partial charge >= 0.3 is 0 Å². The Hall–Kier alpha value is -0.0400. The summed E-state index contributed by atoms with van der Waals surface area (Å²) in [4.78, 5) is 0. The SMILES string of the molecule is CCCCCCCCCCCCCCC[N+]1(CC)CCCCC1. The number of unbranched alkanes of at least 4 members (excludes halogenated alkanes) is 12. The van der Waals surface area contributed by atoms with E-state index in [1.54, 1.807) is 0 Å². The minimum Gasteiger partial charge on any atom is -0.324 e. The molecule has 1 heterocycles. The number of hydrogen-bond donors (Lipinski definition) is 0. The molecule has 0 radical (unpaired) electrons. The van der Waals surface area contributed by atoms with Crippen molar-refractivity contribution >= 4 is 0 Å². The van der Waals surface area contributed by atoms with Gasteiger partial charge in [-0.1, -0.05) is 77.6 Å². The molecule has 0 bridgehead atoms. The van der Waals surface area contributed by atoms with Crippen molar-refractivity contribution in [1.82, 2.24) is 0 Å². The van der Waals surface area contributed by atoms with Crippen LogP contribution in [0.3, 0.4) is 0 Å². The van der Waals surface area contributed by atoms with E-state index in [9.17, 15) is 0 Å². The van der Waals surface area contributed by atoms with E-state index in [0.717, 1.165) is 0 Å². The van der Waals surface area contributed by atoms with E-state index in [-0.39, 0.29) is 0 Å². The normalized spacial score (nSPS) is 17.5. The lowest BCUT2D eigenvalue weighted by Gasteiger charge is -2.41. The molecule has 23 heavy (non-hydrogen) atoms. The molecule has 0 aromatic rings. The topological polar surface area (TPSA) is 0 Å². The molecule has 0 aliphatic carbocycles. The Kier molecular flexibility index (Phi) is 13.1. The first-order valence-corrected chi connectivity index (χ1v) is 11.2. The zero-order valence-electron chi connectivity index (χ0n) is 16.6. The van der Waals surface area contributed by atoms with Crippen molar-refractivity contribution in [2.75, 3.05) is 26.2 Å². The predicted octanol–water partition coefficient (Wildman–Crippen LogP) is 7.10. The van der Waals surface area contributed by atoms with Crippen LogP contribution in [0.4, 0.5) is 0 Å². The number of piperidine rings is 1. The minimum atomic E-state index is 1.37. The van der Waals surface area contributed by atoms with Crippen LogP contribution in [0.1, 0.15) is 117 Å². The van der Waals surface area contributed by atoms with Crippen LogP contribution in [-0.2, 0) is 0 Å². The van der Waals surface area contributed by atoms with Crippen molar-refractivity contribution in [3.05, 3.63) is 0 Å². The van der Waals surface area contributed by atoms with E-state index in [1.807, 2.05) is 0 Å². The number of rotatable bonds is 15. The van der Waals surface area contributed by atoms with Crippen LogP contribution in [0.2, 0.25) is 0 Å². The van der Waals surface area contributed by atoms with Gasteiger partial charge < -0.3 is 4.48 Å². The third kappa shape index (κ3) is 10.4. The monoisotopic (exact) mass is 324 g/mol. The zero-order chi connectivity index (χ0) is 16.6. The Morgan fingerprint density at radius 2 is 0.957 bits per heavy atom. The number of hydrogen-bond acceptors (Lipinski definition) is 0. The van der Waals surface area contributed by atoms with Gasteiger partial charge in [0.2, 0.25) is 0 Å². The summed E-state index contributed by atoms with van der Waals surface area (Å²) in [6.07, 6.45) is 23.6. The van der Waals surface area contributed by atoms with E-state index in [2.05, 4.69) is 13.8 Å². The largest absolute Gasteiger partial charge is 0.324 e. The molecule has 0 unspecified atom stereocenters. The van der Waals surface area contributed by atoms with Gasteiger partial charge in [0.1, 0.15) is 0 Å². The molecule has 1 saturated heterocycles. The molecule has 138 valence electrons. The fraction of sp³-hybridized carbons (Fsp3) is 1.00.